The lowest BCUT2D eigenvalue weighted by atomic mass is 10.2. The maximum Gasteiger partial charge on any atom is 0.137 e. The van der Waals surface area contributed by atoms with Crippen LogP contribution in [-0.4, -0.2) is 11.4 Å². The predicted octanol–water partition coefficient (Wildman–Crippen LogP) is 1.91. The van der Waals surface area contributed by atoms with Crippen molar-refractivity contribution in [1.82, 2.24) is 0 Å². The quantitative estimate of drug-likeness (QED) is 0.394. The van der Waals surface area contributed by atoms with Gasteiger partial charge in [-0.25, -0.2) is 13.2 Å². The largest absolute Gasteiger partial charge is 0.411 e. The zero-order valence-electron chi connectivity index (χ0n) is 5.76. The Hall–Kier alpha value is -1.52. The molecule has 0 bridgehead atoms. The molecule has 1 aromatic rings. The molecule has 0 saturated carbocycles. The maximum atomic E-state index is 12.6. The second kappa shape index (κ2) is 3.25. The number of halogens is 3. The molecule has 1 N–H and O–H groups in total. The van der Waals surface area contributed by atoms with Gasteiger partial charge in [0, 0.05) is 12.1 Å². The first-order valence-corrected chi connectivity index (χ1v) is 2.97. The molecule has 2 nitrogen and oxygen atoms in total. The molecule has 5 heteroatoms. The summed E-state index contributed by atoms with van der Waals surface area (Å²) in [7, 11) is 0. The van der Waals surface area contributed by atoms with Crippen molar-refractivity contribution in [3.05, 3.63) is 35.1 Å². The van der Waals surface area contributed by atoms with Gasteiger partial charge in [0.2, 0.25) is 0 Å². The van der Waals surface area contributed by atoms with Crippen molar-refractivity contribution in [2.24, 2.45) is 5.16 Å². The van der Waals surface area contributed by atoms with Gasteiger partial charge < -0.3 is 5.21 Å². The maximum absolute atomic E-state index is 12.6. The van der Waals surface area contributed by atoms with E-state index in [0.717, 1.165) is 0 Å². The van der Waals surface area contributed by atoms with Crippen LogP contribution in [0.1, 0.15) is 5.56 Å². The van der Waals surface area contributed by atoms with E-state index < -0.39 is 23.0 Å². The summed E-state index contributed by atoms with van der Waals surface area (Å²) in [4.78, 5) is 0. The van der Waals surface area contributed by atoms with E-state index in [4.69, 9.17) is 5.21 Å². The SMILES string of the molecule is O/N=C/c1c(F)cc(F)cc1F. The molecule has 1 aromatic carbocycles. The first-order chi connectivity index (χ1) is 5.65. The minimum atomic E-state index is -1.11. The van der Waals surface area contributed by atoms with Crippen LogP contribution in [0.3, 0.4) is 0 Å². The van der Waals surface area contributed by atoms with Crippen molar-refractivity contribution in [2.75, 3.05) is 0 Å². The third kappa shape index (κ3) is 1.55. The molecule has 12 heavy (non-hydrogen) atoms. The first kappa shape index (κ1) is 8.58. The zero-order chi connectivity index (χ0) is 9.14. The van der Waals surface area contributed by atoms with E-state index in [2.05, 4.69) is 5.16 Å². The average Bonchev–Trinajstić information content (AvgIpc) is 1.96. The van der Waals surface area contributed by atoms with Gasteiger partial charge in [-0.3, -0.25) is 0 Å². The molecule has 0 atom stereocenters. The number of hydrogen-bond acceptors (Lipinski definition) is 2. The lowest BCUT2D eigenvalue weighted by molar-refractivity contribution is 0.321. The normalized spacial score (nSPS) is 10.9. The second-order valence-corrected chi connectivity index (χ2v) is 2.03. The summed E-state index contributed by atoms with van der Waals surface area (Å²) in [6.45, 7) is 0. The molecule has 0 unspecified atom stereocenters. The van der Waals surface area contributed by atoms with E-state index in [1.807, 2.05) is 0 Å². The fourth-order valence-corrected chi connectivity index (χ4v) is 0.734. The van der Waals surface area contributed by atoms with E-state index in [1.54, 1.807) is 0 Å². The highest BCUT2D eigenvalue weighted by molar-refractivity contribution is 5.79. The van der Waals surface area contributed by atoms with Gasteiger partial charge in [0.25, 0.3) is 0 Å². The van der Waals surface area contributed by atoms with Gasteiger partial charge in [-0.2, -0.15) is 0 Å². The van der Waals surface area contributed by atoms with Gasteiger partial charge in [0.05, 0.1) is 11.8 Å². The van der Waals surface area contributed by atoms with Gasteiger partial charge >= 0.3 is 0 Å². The molecular formula is C7H4F3NO. The fourth-order valence-electron chi connectivity index (χ4n) is 0.734. The van der Waals surface area contributed by atoms with Crippen molar-refractivity contribution < 1.29 is 18.4 Å². The molecule has 0 spiro atoms. The van der Waals surface area contributed by atoms with Crippen molar-refractivity contribution in [3.8, 4) is 0 Å². The summed E-state index contributed by atoms with van der Waals surface area (Å²) in [5, 5.41) is 10.4. The molecule has 0 aliphatic carbocycles. The van der Waals surface area contributed by atoms with Crippen molar-refractivity contribution in [1.29, 1.82) is 0 Å². The van der Waals surface area contributed by atoms with Gasteiger partial charge in [0.1, 0.15) is 17.5 Å². The summed E-state index contributed by atoms with van der Waals surface area (Å²) >= 11 is 0. The minimum Gasteiger partial charge on any atom is -0.411 e. The highest BCUT2D eigenvalue weighted by Crippen LogP contribution is 2.12. The van der Waals surface area contributed by atoms with Gasteiger partial charge in [-0.1, -0.05) is 5.16 Å². The standard InChI is InChI=1S/C7H4F3NO/c8-4-1-6(9)5(3-11-12)7(10)2-4/h1-3,12H/b11-3+. The molecule has 0 aromatic heterocycles. The number of hydrogen-bond donors (Lipinski definition) is 1. The van der Waals surface area contributed by atoms with Crippen molar-refractivity contribution in [2.45, 2.75) is 0 Å². The van der Waals surface area contributed by atoms with E-state index in [0.29, 0.717) is 18.3 Å². The van der Waals surface area contributed by atoms with E-state index in [9.17, 15) is 13.2 Å². The highest BCUT2D eigenvalue weighted by atomic mass is 19.1. The molecule has 0 fully saturated rings. The summed E-state index contributed by atoms with van der Waals surface area (Å²) in [6, 6.07) is 1.00. The Labute approximate surface area is 65.9 Å². The Morgan fingerprint density at radius 2 is 1.67 bits per heavy atom. The van der Waals surface area contributed by atoms with Crippen LogP contribution in [0.25, 0.3) is 0 Å². The Kier molecular flexibility index (Phi) is 2.32. The molecule has 0 aliphatic rings. The first-order valence-electron chi connectivity index (χ1n) is 2.97. The molecular weight excluding hydrogens is 171 g/mol. The third-order valence-electron chi connectivity index (χ3n) is 1.23. The lowest BCUT2D eigenvalue weighted by Gasteiger charge is -1.97. The number of rotatable bonds is 1. The predicted molar refractivity (Wildman–Crippen MR) is 35.7 cm³/mol. The minimum absolute atomic E-state index is 0.500. The van der Waals surface area contributed by atoms with Crippen LogP contribution in [0.2, 0.25) is 0 Å². The van der Waals surface area contributed by atoms with Gasteiger partial charge in [-0.15, -0.1) is 0 Å². The van der Waals surface area contributed by atoms with Crippen LogP contribution in [0.15, 0.2) is 17.3 Å². The van der Waals surface area contributed by atoms with E-state index >= 15 is 0 Å². The van der Waals surface area contributed by atoms with E-state index in [-0.39, 0.29) is 0 Å². The number of benzene rings is 1. The summed E-state index contributed by atoms with van der Waals surface area (Å²) in [5.41, 5.74) is -0.570. The lowest BCUT2D eigenvalue weighted by Crippen LogP contribution is -1.95. The van der Waals surface area contributed by atoms with E-state index in [1.165, 1.54) is 0 Å². The summed E-state index contributed by atoms with van der Waals surface area (Å²) in [6.07, 6.45) is 0.560. The molecule has 0 aliphatic heterocycles. The molecule has 0 amide bonds. The van der Waals surface area contributed by atoms with Crippen LogP contribution in [0.5, 0.6) is 0 Å². The Morgan fingerprint density at radius 3 is 2.08 bits per heavy atom. The fraction of sp³-hybridized carbons (Fsp3) is 0. The second-order valence-electron chi connectivity index (χ2n) is 2.03. The van der Waals surface area contributed by atoms with Crippen LogP contribution >= 0.6 is 0 Å². The van der Waals surface area contributed by atoms with Crippen LogP contribution in [0, 0.1) is 17.5 Å². The topological polar surface area (TPSA) is 32.6 Å². The summed E-state index contributed by atoms with van der Waals surface area (Å²) < 4.78 is 37.5. The Balaban J connectivity index is 3.28. The third-order valence-corrected chi connectivity index (χ3v) is 1.23. The molecule has 64 valence electrons. The average molecular weight is 175 g/mol. The zero-order valence-corrected chi connectivity index (χ0v) is 5.76. The summed E-state index contributed by atoms with van der Waals surface area (Å²) in [5.74, 6) is -3.23. The smallest absolute Gasteiger partial charge is 0.137 e. The molecule has 1 rings (SSSR count). The van der Waals surface area contributed by atoms with Gasteiger partial charge in [-0.05, 0) is 0 Å². The number of nitrogens with zero attached hydrogens (tertiary/aromatic N) is 1. The monoisotopic (exact) mass is 175 g/mol. The van der Waals surface area contributed by atoms with Crippen LogP contribution < -0.4 is 0 Å². The van der Waals surface area contributed by atoms with Crippen LogP contribution in [-0.2, 0) is 0 Å². The van der Waals surface area contributed by atoms with Crippen LogP contribution in [0.4, 0.5) is 13.2 Å². The Morgan fingerprint density at radius 1 is 1.17 bits per heavy atom. The van der Waals surface area contributed by atoms with Crippen molar-refractivity contribution >= 4 is 6.21 Å². The van der Waals surface area contributed by atoms with Crippen molar-refractivity contribution in [3.63, 3.8) is 0 Å². The number of oxime groups is 1. The molecule has 0 saturated heterocycles. The Bertz CT molecular complexity index is 301. The molecule has 0 heterocycles. The van der Waals surface area contributed by atoms with Gasteiger partial charge in [0.15, 0.2) is 0 Å². The molecule has 0 radical (unpaired) electrons. The highest BCUT2D eigenvalue weighted by Gasteiger charge is 2.08.